The summed E-state index contributed by atoms with van der Waals surface area (Å²) in [6.07, 6.45) is 7.66. The van der Waals surface area contributed by atoms with Crippen LogP contribution in [0.15, 0.2) is 0 Å². The van der Waals surface area contributed by atoms with Crippen LogP contribution in [0, 0.1) is 11.8 Å². The maximum Gasteiger partial charge on any atom is 0.245 e. The Morgan fingerprint density at radius 1 is 1.19 bits per heavy atom. The van der Waals surface area contributed by atoms with Gasteiger partial charge in [-0.3, -0.25) is 9.59 Å². The van der Waals surface area contributed by atoms with Gasteiger partial charge in [0.05, 0.1) is 0 Å². The number of hydrogen-bond acceptors (Lipinski definition) is 2. The average Bonchev–Trinajstić information content (AvgIpc) is 2.47. The zero-order valence-electron chi connectivity index (χ0n) is 13.7. The molecule has 2 amide bonds. The summed E-state index contributed by atoms with van der Waals surface area (Å²) >= 11 is 0. The number of rotatable bonds is 5. The Morgan fingerprint density at radius 3 is 2.57 bits per heavy atom. The summed E-state index contributed by atoms with van der Waals surface area (Å²) in [5.74, 6) is 1.69. The average molecular weight is 294 g/mol. The Morgan fingerprint density at radius 2 is 1.95 bits per heavy atom. The van der Waals surface area contributed by atoms with Gasteiger partial charge < -0.3 is 10.2 Å². The van der Waals surface area contributed by atoms with Crippen LogP contribution in [0.3, 0.4) is 0 Å². The molecule has 2 aliphatic rings. The summed E-state index contributed by atoms with van der Waals surface area (Å²) in [7, 11) is 0. The van der Waals surface area contributed by atoms with E-state index < -0.39 is 0 Å². The maximum absolute atomic E-state index is 12.5. The fraction of sp³-hybridized carbons (Fsp3) is 0.882. The molecule has 21 heavy (non-hydrogen) atoms. The number of carbonyl (C=O) groups excluding carboxylic acids is 2. The largest absolute Gasteiger partial charge is 0.343 e. The lowest BCUT2D eigenvalue weighted by Gasteiger charge is -2.39. The first-order chi connectivity index (χ1) is 10.1. The van der Waals surface area contributed by atoms with Crippen LogP contribution in [0.1, 0.15) is 65.7 Å². The van der Waals surface area contributed by atoms with Crippen molar-refractivity contribution in [3.8, 4) is 0 Å². The first-order valence-electron chi connectivity index (χ1n) is 8.67. The van der Waals surface area contributed by atoms with Crippen LogP contribution >= 0.6 is 0 Å². The highest BCUT2D eigenvalue weighted by Gasteiger charge is 2.38. The molecular formula is C17H30N2O2. The van der Waals surface area contributed by atoms with Crippen molar-refractivity contribution < 1.29 is 9.59 Å². The third kappa shape index (κ3) is 3.78. The van der Waals surface area contributed by atoms with Gasteiger partial charge in [0, 0.05) is 6.54 Å². The van der Waals surface area contributed by atoms with E-state index in [0.29, 0.717) is 12.8 Å². The number of hydrogen-bond donors (Lipinski definition) is 1. The summed E-state index contributed by atoms with van der Waals surface area (Å²) < 4.78 is 0. The summed E-state index contributed by atoms with van der Waals surface area (Å²) in [6.45, 7) is 7.02. The van der Waals surface area contributed by atoms with Crippen LogP contribution in [0.2, 0.25) is 0 Å². The molecule has 0 aromatic rings. The van der Waals surface area contributed by atoms with Crippen LogP contribution in [-0.4, -0.2) is 35.3 Å². The third-order valence-corrected chi connectivity index (χ3v) is 5.19. The van der Waals surface area contributed by atoms with Crippen molar-refractivity contribution in [2.75, 3.05) is 6.54 Å². The molecule has 1 saturated carbocycles. The number of nitrogens with zero attached hydrogens (tertiary/aromatic N) is 1. The number of piperazine rings is 1. The molecule has 1 aliphatic carbocycles. The first-order valence-corrected chi connectivity index (χ1v) is 8.67. The van der Waals surface area contributed by atoms with Crippen molar-refractivity contribution in [1.82, 2.24) is 10.2 Å². The highest BCUT2D eigenvalue weighted by atomic mass is 16.2. The van der Waals surface area contributed by atoms with E-state index in [-0.39, 0.29) is 23.9 Å². The molecule has 0 spiro atoms. The van der Waals surface area contributed by atoms with Crippen molar-refractivity contribution in [3.05, 3.63) is 0 Å². The predicted molar refractivity (Wildman–Crippen MR) is 83.8 cm³/mol. The second-order valence-corrected chi connectivity index (χ2v) is 6.85. The lowest BCUT2D eigenvalue weighted by Crippen LogP contribution is -2.63. The smallest absolute Gasteiger partial charge is 0.245 e. The van der Waals surface area contributed by atoms with Crippen molar-refractivity contribution >= 4 is 11.8 Å². The highest BCUT2D eigenvalue weighted by Crippen LogP contribution is 2.31. The van der Waals surface area contributed by atoms with Gasteiger partial charge in [0.1, 0.15) is 12.1 Å². The summed E-state index contributed by atoms with van der Waals surface area (Å²) in [5.41, 5.74) is 0. The van der Waals surface area contributed by atoms with E-state index in [0.717, 1.165) is 24.8 Å². The van der Waals surface area contributed by atoms with Gasteiger partial charge in [-0.15, -0.1) is 0 Å². The quantitative estimate of drug-likeness (QED) is 0.847. The first kappa shape index (κ1) is 16.3. The van der Waals surface area contributed by atoms with Gasteiger partial charge in [0.25, 0.3) is 0 Å². The molecule has 120 valence electrons. The Bertz CT molecular complexity index is 383. The monoisotopic (exact) mass is 294 g/mol. The molecule has 0 aromatic heterocycles. The minimum absolute atomic E-state index is 0.0287. The summed E-state index contributed by atoms with van der Waals surface area (Å²) in [5, 5.41) is 2.86. The second kappa shape index (κ2) is 7.28. The molecule has 2 fully saturated rings. The van der Waals surface area contributed by atoms with Gasteiger partial charge in [-0.05, 0) is 37.5 Å². The molecule has 0 radical (unpaired) electrons. The van der Waals surface area contributed by atoms with Gasteiger partial charge in [-0.25, -0.2) is 0 Å². The van der Waals surface area contributed by atoms with Gasteiger partial charge in [-0.2, -0.15) is 0 Å². The summed E-state index contributed by atoms with van der Waals surface area (Å²) in [6, 6.07) is -0.577. The zero-order chi connectivity index (χ0) is 15.4. The molecule has 1 aliphatic heterocycles. The molecule has 4 heteroatoms. The highest BCUT2D eigenvalue weighted by molar-refractivity contribution is 5.96. The topological polar surface area (TPSA) is 49.4 Å². The Hall–Kier alpha value is -1.06. The Balaban J connectivity index is 1.97. The van der Waals surface area contributed by atoms with Crippen LogP contribution in [0.4, 0.5) is 0 Å². The van der Waals surface area contributed by atoms with E-state index in [4.69, 9.17) is 0 Å². The SMILES string of the molecule is CCC1NC(=O)C(CC)N(CCC2CCCC(C)C2)C1=O. The lowest BCUT2D eigenvalue weighted by molar-refractivity contribution is -0.149. The summed E-state index contributed by atoms with van der Waals surface area (Å²) in [4.78, 5) is 26.5. The van der Waals surface area contributed by atoms with E-state index in [1.165, 1.54) is 25.7 Å². The maximum atomic E-state index is 12.5. The third-order valence-electron chi connectivity index (χ3n) is 5.19. The Labute approximate surface area is 128 Å². The molecule has 0 bridgehead atoms. The van der Waals surface area contributed by atoms with Gasteiger partial charge in [0.15, 0.2) is 0 Å². The minimum Gasteiger partial charge on any atom is -0.343 e. The van der Waals surface area contributed by atoms with Crippen LogP contribution in [-0.2, 0) is 9.59 Å². The molecule has 4 nitrogen and oxygen atoms in total. The predicted octanol–water partition coefficient (Wildman–Crippen LogP) is 2.72. The second-order valence-electron chi connectivity index (χ2n) is 6.85. The fourth-order valence-electron chi connectivity index (χ4n) is 3.92. The number of nitrogens with one attached hydrogen (secondary N) is 1. The van der Waals surface area contributed by atoms with Crippen LogP contribution in [0.5, 0.6) is 0 Å². The van der Waals surface area contributed by atoms with Crippen molar-refractivity contribution in [2.24, 2.45) is 11.8 Å². The molecule has 1 heterocycles. The van der Waals surface area contributed by atoms with Gasteiger partial charge in [0.2, 0.25) is 11.8 Å². The zero-order valence-corrected chi connectivity index (χ0v) is 13.7. The van der Waals surface area contributed by atoms with E-state index in [9.17, 15) is 9.59 Å². The molecule has 4 unspecified atom stereocenters. The van der Waals surface area contributed by atoms with E-state index in [1.54, 1.807) is 0 Å². The lowest BCUT2D eigenvalue weighted by atomic mass is 9.80. The fourth-order valence-corrected chi connectivity index (χ4v) is 3.92. The molecule has 1 N–H and O–H groups in total. The number of amides is 2. The van der Waals surface area contributed by atoms with Crippen LogP contribution < -0.4 is 5.32 Å². The standard InChI is InChI=1S/C17H30N2O2/c1-4-14-17(21)19(15(5-2)16(20)18-14)10-9-13-8-6-7-12(3)11-13/h12-15H,4-11H2,1-3H3,(H,18,20). The molecule has 2 rings (SSSR count). The van der Waals surface area contributed by atoms with Gasteiger partial charge in [-0.1, -0.05) is 40.0 Å². The van der Waals surface area contributed by atoms with Crippen molar-refractivity contribution in [1.29, 1.82) is 0 Å². The molecule has 0 aromatic carbocycles. The normalized spacial score (nSPS) is 34.0. The molecule has 4 atom stereocenters. The minimum atomic E-state index is -0.314. The van der Waals surface area contributed by atoms with E-state index >= 15 is 0 Å². The van der Waals surface area contributed by atoms with E-state index in [1.807, 2.05) is 18.7 Å². The van der Waals surface area contributed by atoms with Crippen LogP contribution in [0.25, 0.3) is 0 Å². The van der Waals surface area contributed by atoms with Crippen molar-refractivity contribution in [2.45, 2.75) is 77.8 Å². The molecular weight excluding hydrogens is 264 g/mol. The number of carbonyl (C=O) groups is 2. The Kier molecular flexibility index (Phi) is 5.65. The molecule has 1 saturated heterocycles. The van der Waals surface area contributed by atoms with Gasteiger partial charge >= 0.3 is 0 Å². The van der Waals surface area contributed by atoms with E-state index in [2.05, 4.69) is 12.2 Å². The van der Waals surface area contributed by atoms with Crippen molar-refractivity contribution in [3.63, 3.8) is 0 Å².